The Bertz CT molecular complexity index is 720. The lowest BCUT2D eigenvalue weighted by atomic mass is 10.0. The summed E-state index contributed by atoms with van der Waals surface area (Å²) in [6.07, 6.45) is 3.26. The number of carbonyl (C=O) groups excluding carboxylic acids is 1. The molecule has 1 heterocycles. The summed E-state index contributed by atoms with van der Waals surface area (Å²) in [5.41, 5.74) is 1.57. The van der Waals surface area contributed by atoms with E-state index in [-0.39, 0.29) is 11.8 Å². The number of amides is 1. The molecule has 0 saturated heterocycles. The van der Waals surface area contributed by atoms with Crippen LogP contribution in [-0.4, -0.2) is 22.0 Å². The molecular weight excluding hydrogens is 296 g/mol. The van der Waals surface area contributed by atoms with Crippen molar-refractivity contribution in [1.29, 1.82) is 0 Å². The zero-order valence-electron chi connectivity index (χ0n) is 12.8. The number of rotatable bonds is 4. The molecule has 2 N–H and O–H groups in total. The van der Waals surface area contributed by atoms with Crippen molar-refractivity contribution in [2.45, 2.75) is 26.2 Å². The van der Waals surface area contributed by atoms with Crippen molar-refractivity contribution in [3.63, 3.8) is 0 Å². The van der Waals surface area contributed by atoms with Gasteiger partial charge in [0.2, 0.25) is 5.91 Å². The summed E-state index contributed by atoms with van der Waals surface area (Å²) in [7, 11) is 0. The minimum atomic E-state index is -0.813. The maximum atomic E-state index is 12.2. The lowest BCUT2D eigenvalue weighted by Gasteiger charge is -2.11. The minimum Gasteiger partial charge on any atom is -0.481 e. The van der Waals surface area contributed by atoms with Crippen molar-refractivity contribution in [3.8, 4) is 11.3 Å². The number of anilines is 1. The Hall–Kier alpha value is -2.63. The van der Waals surface area contributed by atoms with E-state index in [2.05, 4.69) is 10.3 Å². The molecule has 6 heteroatoms. The smallest absolute Gasteiger partial charge is 0.306 e. The van der Waals surface area contributed by atoms with Crippen LogP contribution >= 0.6 is 0 Å². The average Bonchev–Trinajstić information content (AvgIpc) is 3.17. The van der Waals surface area contributed by atoms with Crippen LogP contribution in [0.5, 0.6) is 0 Å². The van der Waals surface area contributed by atoms with Gasteiger partial charge in [0.1, 0.15) is 0 Å². The quantitative estimate of drug-likeness (QED) is 0.904. The number of benzene rings is 1. The Balaban J connectivity index is 1.62. The number of aromatic nitrogens is 1. The van der Waals surface area contributed by atoms with Crippen LogP contribution in [0.15, 0.2) is 34.9 Å². The molecule has 0 radical (unpaired) electrons. The molecule has 1 aromatic carbocycles. The summed E-state index contributed by atoms with van der Waals surface area (Å²) < 4.78 is 5.45. The lowest BCUT2D eigenvalue weighted by Crippen LogP contribution is -2.21. The predicted molar refractivity (Wildman–Crippen MR) is 83.8 cm³/mol. The van der Waals surface area contributed by atoms with Gasteiger partial charge in [0.05, 0.1) is 12.1 Å². The van der Waals surface area contributed by atoms with Gasteiger partial charge in [-0.1, -0.05) is 0 Å². The zero-order valence-corrected chi connectivity index (χ0v) is 12.8. The van der Waals surface area contributed by atoms with Crippen molar-refractivity contribution in [3.05, 3.63) is 36.4 Å². The number of hydrogen-bond acceptors (Lipinski definition) is 4. The molecule has 0 unspecified atom stereocenters. The maximum Gasteiger partial charge on any atom is 0.306 e. The van der Waals surface area contributed by atoms with E-state index in [4.69, 9.17) is 9.52 Å². The Morgan fingerprint density at radius 3 is 2.48 bits per heavy atom. The van der Waals surface area contributed by atoms with Crippen molar-refractivity contribution >= 4 is 17.6 Å². The van der Waals surface area contributed by atoms with Crippen LogP contribution in [0.25, 0.3) is 11.3 Å². The topological polar surface area (TPSA) is 92.4 Å². The molecule has 120 valence electrons. The second kappa shape index (κ2) is 6.24. The molecule has 1 saturated carbocycles. The van der Waals surface area contributed by atoms with Crippen LogP contribution in [0, 0.1) is 18.8 Å². The lowest BCUT2D eigenvalue weighted by molar-refractivity contribution is -0.141. The Labute approximate surface area is 133 Å². The van der Waals surface area contributed by atoms with Crippen LogP contribution in [0.3, 0.4) is 0 Å². The standard InChI is InChI=1S/C17H18N2O4/c1-10-18-9-15(23-10)11-4-6-14(7-5-11)19-16(20)12-2-3-13(8-12)17(21)22/h4-7,9,12-13H,2-3,8H2,1H3,(H,19,20)(H,21,22)/t12-,13+/m1/s1. The van der Waals surface area contributed by atoms with E-state index in [1.165, 1.54) is 0 Å². The molecule has 1 aliphatic rings. The fourth-order valence-electron chi connectivity index (χ4n) is 2.90. The molecule has 3 rings (SSSR count). The first kappa shape index (κ1) is 15.3. The molecule has 2 aromatic rings. The molecular formula is C17H18N2O4. The Morgan fingerprint density at radius 2 is 1.91 bits per heavy atom. The Kier molecular flexibility index (Phi) is 4.14. The van der Waals surface area contributed by atoms with Crippen molar-refractivity contribution < 1.29 is 19.1 Å². The summed E-state index contributed by atoms with van der Waals surface area (Å²) in [5.74, 6) is -0.272. The Morgan fingerprint density at radius 1 is 1.22 bits per heavy atom. The summed E-state index contributed by atoms with van der Waals surface area (Å²) >= 11 is 0. The van der Waals surface area contributed by atoms with Gasteiger partial charge >= 0.3 is 5.97 Å². The SMILES string of the molecule is Cc1ncc(-c2ccc(NC(=O)[C@@H]3CC[C@H](C(=O)O)C3)cc2)o1. The average molecular weight is 314 g/mol. The highest BCUT2D eigenvalue weighted by Crippen LogP contribution is 2.32. The number of carbonyl (C=O) groups is 2. The first-order chi connectivity index (χ1) is 11.0. The predicted octanol–water partition coefficient (Wildman–Crippen LogP) is 3.09. The van der Waals surface area contributed by atoms with Crippen molar-refractivity contribution in [2.75, 3.05) is 5.32 Å². The zero-order chi connectivity index (χ0) is 16.4. The van der Waals surface area contributed by atoms with Gasteiger partial charge < -0.3 is 14.8 Å². The molecule has 1 amide bonds. The molecule has 6 nitrogen and oxygen atoms in total. The molecule has 1 fully saturated rings. The third-order valence-corrected chi connectivity index (χ3v) is 4.21. The van der Waals surface area contributed by atoms with Crippen LogP contribution in [0.2, 0.25) is 0 Å². The fraction of sp³-hybridized carbons (Fsp3) is 0.353. The number of hydrogen-bond donors (Lipinski definition) is 2. The molecule has 0 bridgehead atoms. The number of nitrogens with one attached hydrogen (secondary N) is 1. The number of oxazole rings is 1. The highest BCUT2D eigenvalue weighted by atomic mass is 16.4. The summed E-state index contributed by atoms with van der Waals surface area (Å²) in [6, 6.07) is 7.30. The van der Waals surface area contributed by atoms with Crippen LogP contribution in [0.4, 0.5) is 5.69 Å². The largest absolute Gasteiger partial charge is 0.481 e. The molecule has 0 aliphatic heterocycles. The van der Waals surface area contributed by atoms with Crippen LogP contribution in [0.1, 0.15) is 25.2 Å². The van der Waals surface area contributed by atoms with Crippen LogP contribution < -0.4 is 5.32 Å². The van der Waals surface area contributed by atoms with Crippen molar-refractivity contribution in [2.24, 2.45) is 11.8 Å². The van der Waals surface area contributed by atoms with Gasteiger partial charge in [-0.05, 0) is 43.5 Å². The second-order valence-electron chi connectivity index (χ2n) is 5.86. The van der Waals surface area contributed by atoms with Gasteiger partial charge in [-0.15, -0.1) is 0 Å². The monoisotopic (exact) mass is 314 g/mol. The van der Waals surface area contributed by atoms with Gasteiger partial charge in [0.15, 0.2) is 11.7 Å². The minimum absolute atomic E-state index is 0.114. The van der Waals surface area contributed by atoms with Crippen LogP contribution in [-0.2, 0) is 9.59 Å². The third kappa shape index (κ3) is 3.41. The van der Waals surface area contributed by atoms with Gasteiger partial charge in [-0.3, -0.25) is 9.59 Å². The summed E-state index contributed by atoms with van der Waals surface area (Å²) in [6.45, 7) is 1.78. The van der Waals surface area contributed by atoms with E-state index in [1.807, 2.05) is 12.1 Å². The van der Waals surface area contributed by atoms with E-state index in [9.17, 15) is 9.59 Å². The van der Waals surface area contributed by atoms with Crippen molar-refractivity contribution in [1.82, 2.24) is 4.98 Å². The fourth-order valence-corrected chi connectivity index (χ4v) is 2.90. The van der Waals surface area contributed by atoms with Gasteiger partial charge in [0.25, 0.3) is 0 Å². The van der Waals surface area contributed by atoms with E-state index in [1.54, 1.807) is 25.3 Å². The van der Waals surface area contributed by atoms with E-state index in [0.717, 1.165) is 5.56 Å². The third-order valence-electron chi connectivity index (χ3n) is 4.21. The number of carboxylic acids is 1. The van der Waals surface area contributed by atoms with Gasteiger partial charge in [-0.2, -0.15) is 0 Å². The van der Waals surface area contributed by atoms with E-state index >= 15 is 0 Å². The summed E-state index contributed by atoms with van der Waals surface area (Å²) in [5, 5.41) is 11.8. The first-order valence-corrected chi connectivity index (χ1v) is 7.59. The highest BCUT2D eigenvalue weighted by Gasteiger charge is 2.33. The molecule has 0 spiro atoms. The summed E-state index contributed by atoms with van der Waals surface area (Å²) in [4.78, 5) is 27.2. The maximum absolute atomic E-state index is 12.2. The second-order valence-corrected chi connectivity index (χ2v) is 5.86. The molecule has 2 atom stereocenters. The first-order valence-electron chi connectivity index (χ1n) is 7.59. The molecule has 1 aromatic heterocycles. The molecule has 23 heavy (non-hydrogen) atoms. The van der Waals surface area contributed by atoms with Gasteiger partial charge in [-0.25, -0.2) is 4.98 Å². The van der Waals surface area contributed by atoms with E-state index in [0.29, 0.717) is 36.6 Å². The number of aryl methyl sites for hydroxylation is 1. The number of nitrogens with zero attached hydrogens (tertiary/aromatic N) is 1. The van der Waals surface area contributed by atoms with E-state index < -0.39 is 11.9 Å². The molecule has 1 aliphatic carbocycles. The number of carboxylic acid groups (broad SMARTS) is 1. The van der Waals surface area contributed by atoms with Gasteiger partial charge in [0, 0.05) is 24.1 Å². The highest BCUT2D eigenvalue weighted by molar-refractivity contribution is 5.93. The normalized spacial score (nSPS) is 20.4. The number of aliphatic carboxylic acids is 1.